The summed E-state index contributed by atoms with van der Waals surface area (Å²) in [6.07, 6.45) is 2.30. The number of thiophene rings is 1. The van der Waals surface area contributed by atoms with Crippen LogP contribution in [0, 0.1) is 5.92 Å². The maximum absolute atomic E-state index is 5.81. The summed E-state index contributed by atoms with van der Waals surface area (Å²) in [6, 6.07) is 4.38. The van der Waals surface area contributed by atoms with Crippen molar-refractivity contribution in [1.82, 2.24) is 5.32 Å². The van der Waals surface area contributed by atoms with Crippen LogP contribution < -0.4 is 5.32 Å². The molecule has 1 fully saturated rings. The first-order valence-electron chi connectivity index (χ1n) is 6.82. The van der Waals surface area contributed by atoms with Gasteiger partial charge in [0.15, 0.2) is 0 Å². The van der Waals surface area contributed by atoms with Crippen LogP contribution >= 0.6 is 11.3 Å². The lowest BCUT2D eigenvalue weighted by atomic mass is 10.0. The summed E-state index contributed by atoms with van der Waals surface area (Å²) in [4.78, 5) is 2.72. The molecule has 0 aromatic carbocycles. The molecule has 0 spiro atoms. The third-order valence-corrected chi connectivity index (χ3v) is 4.26. The fourth-order valence-corrected chi connectivity index (χ4v) is 3.01. The van der Waals surface area contributed by atoms with Gasteiger partial charge in [0.05, 0.1) is 13.2 Å². The molecule has 0 aliphatic carbocycles. The van der Waals surface area contributed by atoms with Gasteiger partial charge in [-0.15, -0.1) is 11.3 Å². The molecule has 1 aliphatic rings. The number of ether oxygens (including phenoxy) is 2. The summed E-state index contributed by atoms with van der Waals surface area (Å²) >= 11 is 1.85. The Balaban J connectivity index is 1.64. The first-order valence-corrected chi connectivity index (χ1v) is 7.64. The van der Waals surface area contributed by atoms with Gasteiger partial charge in [-0.05, 0) is 37.4 Å². The molecule has 0 atom stereocenters. The maximum atomic E-state index is 5.81. The van der Waals surface area contributed by atoms with E-state index >= 15 is 0 Å². The van der Waals surface area contributed by atoms with E-state index in [0.29, 0.717) is 5.92 Å². The summed E-state index contributed by atoms with van der Waals surface area (Å²) in [6.45, 7) is 7.57. The Bertz CT molecular complexity index is 334. The Morgan fingerprint density at radius 2 is 2.11 bits per heavy atom. The lowest BCUT2D eigenvalue weighted by Gasteiger charge is -2.21. The van der Waals surface area contributed by atoms with E-state index in [0.717, 1.165) is 52.4 Å². The van der Waals surface area contributed by atoms with Gasteiger partial charge >= 0.3 is 0 Å². The van der Waals surface area contributed by atoms with Gasteiger partial charge in [0, 0.05) is 29.5 Å². The summed E-state index contributed by atoms with van der Waals surface area (Å²) in [5, 5.41) is 3.34. The Morgan fingerprint density at radius 3 is 2.89 bits per heavy atom. The van der Waals surface area contributed by atoms with Crippen LogP contribution in [0.1, 0.15) is 29.5 Å². The van der Waals surface area contributed by atoms with Crippen molar-refractivity contribution in [1.29, 1.82) is 0 Å². The van der Waals surface area contributed by atoms with E-state index in [-0.39, 0.29) is 0 Å². The third-order valence-electron chi connectivity index (χ3n) is 3.21. The van der Waals surface area contributed by atoms with Crippen molar-refractivity contribution in [3.05, 3.63) is 21.9 Å². The highest BCUT2D eigenvalue weighted by Gasteiger charge is 2.13. The SMILES string of the molecule is CCNCc1ccc(COCC2CCOCC2)s1. The van der Waals surface area contributed by atoms with Gasteiger partial charge in [-0.25, -0.2) is 0 Å². The quantitative estimate of drug-likeness (QED) is 0.825. The van der Waals surface area contributed by atoms with Crippen molar-refractivity contribution >= 4 is 11.3 Å². The fraction of sp³-hybridized carbons (Fsp3) is 0.714. The molecule has 1 aromatic heterocycles. The average molecular weight is 269 g/mol. The van der Waals surface area contributed by atoms with Crippen molar-refractivity contribution in [2.24, 2.45) is 5.92 Å². The minimum absolute atomic E-state index is 0.694. The van der Waals surface area contributed by atoms with Crippen LogP contribution in [0.3, 0.4) is 0 Å². The Labute approximate surface area is 113 Å². The van der Waals surface area contributed by atoms with E-state index in [4.69, 9.17) is 9.47 Å². The Kier molecular flexibility index (Phi) is 6.14. The van der Waals surface area contributed by atoms with Gasteiger partial charge in [0.2, 0.25) is 0 Å². The zero-order valence-corrected chi connectivity index (χ0v) is 11.9. The molecule has 0 radical (unpaired) electrons. The molecule has 0 saturated carbocycles. The monoisotopic (exact) mass is 269 g/mol. The standard InChI is InChI=1S/C14H23NO2S/c1-2-15-9-13-3-4-14(18-13)11-17-10-12-5-7-16-8-6-12/h3-4,12,15H,2,5-11H2,1H3. The lowest BCUT2D eigenvalue weighted by Crippen LogP contribution is -2.19. The van der Waals surface area contributed by atoms with Crippen LogP contribution in [0.4, 0.5) is 0 Å². The Morgan fingerprint density at radius 1 is 1.33 bits per heavy atom. The first kappa shape index (κ1) is 14.0. The van der Waals surface area contributed by atoms with Crippen LogP contribution in [0.2, 0.25) is 0 Å². The van der Waals surface area contributed by atoms with Gasteiger partial charge in [0.1, 0.15) is 0 Å². The molecular formula is C14H23NO2S. The normalized spacial score (nSPS) is 17.2. The minimum Gasteiger partial charge on any atom is -0.381 e. The third kappa shape index (κ3) is 4.69. The van der Waals surface area contributed by atoms with E-state index in [9.17, 15) is 0 Å². The molecule has 1 aromatic rings. The van der Waals surface area contributed by atoms with Gasteiger partial charge in [-0.1, -0.05) is 6.92 Å². The second-order valence-corrected chi connectivity index (χ2v) is 5.97. The predicted octanol–water partition coefficient (Wildman–Crippen LogP) is 2.80. The molecule has 2 rings (SSSR count). The van der Waals surface area contributed by atoms with Crippen molar-refractivity contribution in [3.63, 3.8) is 0 Å². The molecule has 3 nitrogen and oxygen atoms in total. The molecule has 1 N–H and O–H groups in total. The fourth-order valence-electron chi connectivity index (χ4n) is 2.08. The van der Waals surface area contributed by atoms with Crippen LogP contribution in [-0.4, -0.2) is 26.4 Å². The lowest BCUT2D eigenvalue weighted by molar-refractivity contribution is 0.0163. The second-order valence-electron chi connectivity index (χ2n) is 4.72. The number of hydrogen-bond acceptors (Lipinski definition) is 4. The number of nitrogens with one attached hydrogen (secondary N) is 1. The van der Waals surface area contributed by atoms with Gasteiger partial charge in [-0.2, -0.15) is 0 Å². The van der Waals surface area contributed by atoms with E-state index in [1.165, 1.54) is 9.75 Å². The summed E-state index contributed by atoms with van der Waals surface area (Å²) in [5.41, 5.74) is 0. The molecule has 1 saturated heterocycles. The smallest absolute Gasteiger partial charge is 0.0809 e. The summed E-state index contributed by atoms with van der Waals surface area (Å²) in [7, 11) is 0. The summed E-state index contributed by atoms with van der Waals surface area (Å²) in [5.74, 6) is 0.694. The molecule has 0 unspecified atom stereocenters. The topological polar surface area (TPSA) is 30.5 Å². The first-order chi connectivity index (χ1) is 8.88. The second kappa shape index (κ2) is 7.89. The highest BCUT2D eigenvalue weighted by molar-refractivity contribution is 7.11. The Hall–Kier alpha value is -0.420. The number of hydrogen-bond donors (Lipinski definition) is 1. The molecular weight excluding hydrogens is 246 g/mol. The average Bonchev–Trinajstić information content (AvgIpc) is 2.85. The minimum atomic E-state index is 0.694. The molecule has 4 heteroatoms. The van der Waals surface area contributed by atoms with Crippen molar-refractivity contribution in [2.45, 2.75) is 32.9 Å². The number of rotatable bonds is 7. The van der Waals surface area contributed by atoms with Crippen molar-refractivity contribution < 1.29 is 9.47 Å². The maximum Gasteiger partial charge on any atom is 0.0809 e. The van der Waals surface area contributed by atoms with E-state index in [1.807, 2.05) is 11.3 Å². The largest absolute Gasteiger partial charge is 0.381 e. The van der Waals surface area contributed by atoms with Crippen molar-refractivity contribution in [2.75, 3.05) is 26.4 Å². The molecule has 18 heavy (non-hydrogen) atoms. The van der Waals surface area contributed by atoms with Crippen LogP contribution in [-0.2, 0) is 22.6 Å². The molecule has 0 amide bonds. The van der Waals surface area contributed by atoms with Gasteiger partial charge in [-0.3, -0.25) is 0 Å². The predicted molar refractivity (Wildman–Crippen MR) is 74.9 cm³/mol. The zero-order chi connectivity index (χ0) is 12.6. The zero-order valence-electron chi connectivity index (χ0n) is 11.1. The van der Waals surface area contributed by atoms with Crippen LogP contribution in [0.15, 0.2) is 12.1 Å². The highest BCUT2D eigenvalue weighted by Crippen LogP contribution is 2.19. The van der Waals surface area contributed by atoms with Crippen molar-refractivity contribution in [3.8, 4) is 0 Å². The van der Waals surface area contributed by atoms with E-state index < -0.39 is 0 Å². The molecule has 1 aliphatic heterocycles. The summed E-state index contributed by atoms with van der Waals surface area (Å²) < 4.78 is 11.2. The van der Waals surface area contributed by atoms with Gasteiger partial charge < -0.3 is 14.8 Å². The molecule has 102 valence electrons. The van der Waals surface area contributed by atoms with E-state index in [2.05, 4.69) is 24.4 Å². The molecule has 0 bridgehead atoms. The van der Waals surface area contributed by atoms with E-state index in [1.54, 1.807) is 0 Å². The van der Waals surface area contributed by atoms with Crippen LogP contribution in [0.5, 0.6) is 0 Å². The van der Waals surface area contributed by atoms with Gasteiger partial charge in [0.25, 0.3) is 0 Å². The van der Waals surface area contributed by atoms with Crippen LogP contribution in [0.25, 0.3) is 0 Å². The highest BCUT2D eigenvalue weighted by atomic mass is 32.1. The molecule has 2 heterocycles.